The molecule has 0 heterocycles. The third-order valence-electron chi connectivity index (χ3n) is 1.36. The molecule has 1 aromatic carbocycles. The van der Waals surface area contributed by atoms with Gasteiger partial charge in [-0.15, -0.1) is 0 Å². The van der Waals surface area contributed by atoms with Crippen LogP contribution in [0.5, 0.6) is 0 Å². The van der Waals surface area contributed by atoms with Crippen molar-refractivity contribution in [3.8, 4) is 0 Å². The molecule has 1 nitrogen and oxygen atoms in total. The molecule has 0 atom stereocenters. The highest BCUT2D eigenvalue weighted by atomic mass is 33.1. The monoisotopic (exact) mass is 195 g/mol. The molecule has 0 aromatic heterocycles. The van der Waals surface area contributed by atoms with Crippen molar-refractivity contribution in [3.05, 3.63) is 34.2 Å². The van der Waals surface area contributed by atoms with E-state index in [1.54, 1.807) is 12.1 Å². The summed E-state index contributed by atoms with van der Waals surface area (Å²) in [6.07, 6.45) is 0. The molecule has 3 heteroatoms. The van der Waals surface area contributed by atoms with Crippen LogP contribution in [0.1, 0.15) is 10.4 Å². The van der Waals surface area contributed by atoms with Gasteiger partial charge in [-0.2, -0.15) is 0 Å². The van der Waals surface area contributed by atoms with Gasteiger partial charge >= 0.3 is 0 Å². The fourth-order valence-electron chi connectivity index (χ4n) is 0.929. The van der Waals surface area contributed by atoms with E-state index in [2.05, 4.69) is 24.8 Å². The lowest BCUT2D eigenvalue weighted by Crippen LogP contribution is -2.12. The Bertz CT molecular complexity index is 369. The quantitative estimate of drug-likeness (QED) is 0.375. The first-order valence-corrected chi connectivity index (χ1v) is 5.01. The second-order valence-corrected chi connectivity index (χ2v) is 3.45. The Labute approximate surface area is 80.0 Å². The first-order chi connectivity index (χ1) is 5.63. The summed E-state index contributed by atoms with van der Waals surface area (Å²) < 4.78 is 0. The second-order valence-electron chi connectivity index (χ2n) is 2.41. The molecule has 0 spiro atoms. The molecule has 62 valence electrons. The van der Waals surface area contributed by atoms with Crippen molar-refractivity contribution < 1.29 is 4.79 Å². The average Bonchev–Trinajstić information content (AvgIpc) is 2.01. The van der Waals surface area contributed by atoms with Crippen LogP contribution in [0.25, 0.3) is 13.2 Å². The van der Waals surface area contributed by atoms with Crippen molar-refractivity contribution in [3.63, 3.8) is 0 Å². The molecule has 0 bridgehead atoms. The topological polar surface area (TPSA) is 17.1 Å². The van der Waals surface area contributed by atoms with Crippen molar-refractivity contribution >= 4 is 40.7 Å². The van der Waals surface area contributed by atoms with E-state index in [0.717, 1.165) is 21.2 Å². The van der Waals surface area contributed by atoms with Crippen LogP contribution in [0, 0.1) is 0 Å². The fraction of sp³-hybridized carbons (Fsp3) is 0. The molecule has 0 aliphatic carbocycles. The van der Waals surface area contributed by atoms with Gasteiger partial charge in [0.05, 0.1) is 0 Å². The lowest BCUT2D eigenvalue weighted by atomic mass is 10.2. The highest BCUT2D eigenvalue weighted by Gasteiger charge is 1.97. The molecular weight excluding hydrogens is 188 g/mol. The number of carbonyl (C=O) groups is 1. The van der Waals surface area contributed by atoms with Gasteiger partial charge in [-0.3, -0.25) is 15.6 Å². The third-order valence-corrected chi connectivity index (χ3v) is 2.21. The van der Waals surface area contributed by atoms with E-state index >= 15 is 0 Å². The van der Waals surface area contributed by atoms with Crippen molar-refractivity contribution in [2.24, 2.45) is 0 Å². The van der Waals surface area contributed by atoms with Crippen LogP contribution >= 0.6 is 10.8 Å². The van der Waals surface area contributed by atoms with E-state index in [-0.39, 0.29) is 5.12 Å². The molecule has 0 saturated carbocycles. The summed E-state index contributed by atoms with van der Waals surface area (Å²) in [5, 5.41) is 1.45. The number of benzene rings is 1. The fourth-order valence-corrected chi connectivity index (χ4v) is 1.43. The van der Waals surface area contributed by atoms with Crippen molar-refractivity contribution in [1.82, 2.24) is 0 Å². The van der Waals surface area contributed by atoms with Gasteiger partial charge in [0, 0.05) is 5.56 Å². The molecule has 1 aromatic rings. The normalized spacial score (nSPS) is 9.75. The Morgan fingerprint density at radius 3 is 2.83 bits per heavy atom. The summed E-state index contributed by atoms with van der Waals surface area (Å²) in [4.78, 5) is 11.1. The van der Waals surface area contributed by atoms with Crippen LogP contribution in [0.15, 0.2) is 18.2 Å². The van der Waals surface area contributed by atoms with Crippen LogP contribution in [0.2, 0.25) is 0 Å². The lowest BCUT2D eigenvalue weighted by Gasteiger charge is -2.02. The van der Waals surface area contributed by atoms with E-state index in [1.807, 2.05) is 6.07 Å². The van der Waals surface area contributed by atoms with E-state index in [4.69, 9.17) is 0 Å². The molecule has 0 amide bonds. The van der Waals surface area contributed by atoms with Crippen molar-refractivity contribution in [2.45, 2.75) is 0 Å². The first kappa shape index (κ1) is 9.42. The van der Waals surface area contributed by atoms with Crippen LogP contribution < -0.4 is 10.4 Å². The summed E-state index contributed by atoms with van der Waals surface area (Å²) in [5.74, 6) is 0. The van der Waals surface area contributed by atoms with Crippen LogP contribution in [0.3, 0.4) is 0 Å². The molecule has 12 heavy (non-hydrogen) atoms. The molecule has 0 saturated heterocycles. The van der Waals surface area contributed by atoms with Gasteiger partial charge in [0.25, 0.3) is 0 Å². The van der Waals surface area contributed by atoms with E-state index in [0.29, 0.717) is 5.56 Å². The highest BCUT2D eigenvalue weighted by molar-refractivity contribution is 8.66. The number of hydrogen-bond donors (Lipinski definition) is 0. The zero-order valence-corrected chi connectivity index (χ0v) is 8.00. The average molecular weight is 195 g/mol. The maximum atomic E-state index is 11.1. The van der Waals surface area contributed by atoms with E-state index in [9.17, 15) is 4.79 Å². The smallest absolute Gasteiger partial charge is 0.195 e. The van der Waals surface area contributed by atoms with Gasteiger partial charge in [0.1, 0.15) is 0 Å². The number of rotatable bonds is 1. The summed E-state index contributed by atoms with van der Waals surface area (Å²) in [7, 11) is 0.784. The predicted molar refractivity (Wildman–Crippen MR) is 56.0 cm³/mol. The Morgan fingerprint density at radius 1 is 1.67 bits per heavy atom. The maximum Gasteiger partial charge on any atom is 0.195 e. The Morgan fingerprint density at radius 2 is 2.33 bits per heavy atom. The zero-order chi connectivity index (χ0) is 9.14. The van der Waals surface area contributed by atoms with Gasteiger partial charge in [-0.1, -0.05) is 13.2 Å². The summed E-state index contributed by atoms with van der Waals surface area (Å²) in [5.41, 5.74) is 0.576. The van der Waals surface area contributed by atoms with Crippen molar-refractivity contribution in [1.29, 1.82) is 0 Å². The highest BCUT2D eigenvalue weighted by Crippen LogP contribution is 2.05. The van der Waals surface area contributed by atoms with Gasteiger partial charge in [0.15, 0.2) is 5.12 Å². The van der Waals surface area contributed by atoms with Crippen LogP contribution in [-0.2, 0) is 11.7 Å². The Balaban J connectivity index is 3.27. The first-order valence-electron chi connectivity index (χ1n) is 3.26. The van der Waals surface area contributed by atoms with Crippen molar-refractivity contribution in [2.75, 3.05) is 0 Å². The van der Waals surface area contributed by atoms with E-state index < -0.39 is 0 Å². The minimum Gasteiger partial charge on any atom is -0.711 e. The van der Waals surface area contributed by atoms with Gasteiger partial charge in [-0.05, 0) is 28.6 Å². The molecule has 0 fully saturated rings. The molecule has 0 aliphatic rings. The number of hydrogen-bond acceptors (Lipinski definition) is 3. The lowest BCUT2D eigenvalue weighted by molar-refractivity contribution is 0.109. The molecule has 0 radical (unpaired) electrons. The molecule has 0 N–H and O–H groups in total. The maximum absolute atomic E-state index is 11.1. The van der Waals surface area contributed by atoms with Gasteiger partial charge in [0.2, 0.25) is 0 Å². The van der Waals surface area contributed by atoms with Gasteiger partial charge < -0.3 is 11.7 Å². The van der Waals surface area contributed by atoms with Crippen LogP contribution in [-0.4, -0.2) is 5.12 Å². The molecule has 0 unspecified atom stereocenters. The Kier molecular flexibility index (Phi) is 3.00. The standard InChI is InChI=1S/C9H8OS2/c1-6-3-7(2)5-8(4-6)9(10)12-11/h3-5,11H,1-2H2/p-1. The number of carbonyl (C=O) groups excluding carboxylic acids is 1. The Hall–Kier alpha value is -0.670. The summed E-state index contributed by atoms with van der Waals surface area (Å²) in [6, 6.07) is 5.22. The summed E-state index contributed by atoms with van der Waals surface area (Å²) in [6.45, 7) is 7.45. The minimum absolute atomic E-state index is 0.125. The molecule has 1 rings (SSSR count). The molecular formula is C9H7OS2-. The second kappa shape index (κ2) is 3.83. The largest absolute Gasteiger partial charge is 0.711 e. The molecule has 0 aliphatic heterocycles. The zero-order valence-electron chi connectivity index (χ0n) is 6.37. The minimum atomic E-state index is -0.125. The van der Waals surface area contributed by atoms with Crippen LogP contribution in [0.4, 0.5) is 0 Å². The van der Waals surface area contributed by atoms with E-state index in [1.165, 1.54) is 0 Å². The summed E-state index contributed by atoms with van der Waals surface area (Å²) >= 11 is 4.57. The van der Waals surface area contributed by atoms with Gasteiger partial charge in [-0.25, -0.2) is 0 Å². The predicted octanol–water partition coefficient (Wildman–Crippen LogP) is 0.843. The third kappa shape index (κ3) is 2.16. The SMILES string of the molecule is C=c1cc(C(=O)S[S-])[cH+]c(=C)[cH-]1.